The van der Waals surface area contributed by atoms with E-state index in [2.05, 4.69) is 27.4 Å². The van der Waals surface area contributed by atoms with Crippen molar-refractivity contribution in [1.82, 2.24) is 20.1 Å². The van der Waals surface area contributed by atoms with Crippen molar-refractivity contribution in [3.8, 4) is 5.75 Å². The van der Waals surface area contributed by atoms with Crippen molar-refractivity contribution in [2.75, 3.05) is 18.2 Å². The average Bonchev–Trinajstić information content (AvgIpc) is 3.23. The van der Waals surface area contributed by atoms with Crippen molar-refractivity contribution in [2.45, 2.75) is 38.5 Å². The van der Waals surface area contributed by atoms with Crippen LogP contribution in [0, 0.1) is 12.8 Å². The van der Waals surface area contributed by atoms with E-state index >= 15 is 0 Å². The number of allylic oxidation sites excluding steroid dienone is 1. The molecule has 10 heteroatoms. The Labute approximate surface area is 220 Å². The lowest BCUT2D eigenvalue weighted by Gasteiger charge is -2.23. The van der Waals surface area contributed by atoms with E-state index < -0.39 is 6.04 Å². The lowest BCUT2D eigenvalue weighted by Crippen LogP contribution is -2.34. The Balaban J connectivity index is 1.77. The molecule has 0 aliphatic rings. The third kappa shape index (κ3) is 6.67. The molecular weight excluding hydrogens is 498 g/mol. The molecule has 1 heterocycles. The van der Waals surface area contributed by atoms with Crippen LogP contribution in [0.1, 0.15) is 41.6 Å². The molecule has 2 N–H and O–H groups in total. The van der Waals surface area contributed by atoms with Crippen LogP contribution < -0.4 is 15.4 Å². The molecule has 8 nitrogen and oxygen atoms in total. The number of hydrogen-bond donors (Lipinski definition) is 2. The molecule has 0 aliphatic carbocycles. The van der Waals surface area contributed by atoms with Crippen LogP contribution in [0.5, 0.6) is 5.75 Å². The minimum Gasteiger partial charge on any atom is -0.495 e. The van der Waals surface area contributed by atoms with Crippen LogP contribution in [0.3, 0.4) is 0 Å². The summed E-state index contributed by atoms with van der Waals surface area (Å²) < 4.78 is 7.19. The van der Waals surface area contributed by atoms with Crippen LogP contribution in [0.2, 0.25) is 5.02 Å². The molecule has 0 unspecified atom stereocenters. The van der Waals surface area contributed by atoms with Crippen LogP contribution in [-0.4, -0.2) is 39.4 Å². The number of benzene rings is 2. The number of aryl methyl sites for hydroxylation is 1. The number of amides is 2. The second kappa shape index (κ2) is 12.6. The lowest BCUT2D eigenvalue weighted by molar-refractivity contribution is -0.113. The van der Waals surface area contributed by atoms with E-state index in [9.17, 15) is 9.59 Å². The van der Waals surface area contributed by atoms with Crippen molar-refractivity contribution >= 4 is 40.9 Å². The van der Waals surface area contributed by atoms with Gasteiger partial charge in [0.15, 0.2) is 11.0 Å². The second-order valence-corrected chi connectivity index (χ2v) is 9.81. The molecule has 2 amide bonds. The first-order valence-corrected chi connectivity index (χ1v) is 12.8. The summed E-state index contributed by atoms with van der Waals surface area (Å²) in [7, 11) is 1.56. The van der Waals surface area contributed by atoms with Crippen LogP contribution in [0.15, 0.2) is 60.3 Å². The lowest BCUT2D eigenvalue weighted by atomic mass is 10.0. The zero-order chi connectivity index (χ0) is 26.2. The number of anilines is 1. The molecule has 0 fully saturated rings. The molecule has 36 heavy (non-hydrogen) atoms. The maximum Gasteiger partial charge on any atom is 0.253 e. The smallest absolute Gasteiger partial charge is 0.253 e. The highest BCUT2D eigenvalue weighted by Crippen LogP contribution is 2.28. The number of hydrogen-bond acceptors (Lipinski definition) is 6. The van der Waals surface area contributed by atoms with E-state index in [4.69, 9.17) is 16.3 Å². The second-order valence-electron chi connectivity index (χ2n) is 8.46. The fourth-order valence-corrected chi connectivity index (χ4v) is 4.54. The largest absolute Gasteiger partial charge is 0.495 e. The van der Waals surface area contributed by atoms with E-state index in [1.54, 1.807) is 37.5 Å². The van der Waals surface area contributed by atoms with Gasteiger partial charge < -0.3 is 19.9 Å². The van der Waals surface area contributed by atoms with Crippen LogP contribution in [0.25, 0.3) is 0 Å². The molecule has 1 aromatic heterocycles. The van der Waals surface area contributed by atoms with Gasteiger partial charge in [-0.2, -0.15) is 0 Å². The first-order chi connectivity index (χ1) is 17.2. The zero-order valence-electron chi connectivity index (χ0n) is 20.7. The summed E-state index contributed by atoms with van der Waals surface area (Å²) in [6.45, 7) is 10.2. The van der Waals surface area contributed by atoms with E-state index in [-0.39, 0.29) is 23.5 Å². The van der Waals surface area contributed by atoms with Gasteiger partial charge in [0.1, 0.15) is 5.75 Å². The summed E-state index contributed by atoms with van der Waals surface area (Å²) >= 11 is 7.47. The van der Waals surface area contributed by atoms with Gasteiger partial charge in [0.25, 0.3) is 5.91 Å². The fourth-order valence-electron chi connectivity index (χ4n) is 3.57. The summed E-state index contributed by atoms with van der Waals surface area (Å²) in [4.78, 5) is 25.6. The van der Waals surface area contributed by atoms with Crippen molar-refractivity contribution in [2.24, 2.45) is 5.92 Å². The van der Waals surface area contributed by atoms with Gasteiger partial charge >= 0.3 is 0 Å². The minimum atomic E-state index is -0.430. The molecule has 0 saturated heterocycles. The number of aromatic nitrogens is 3. The van der Waals surface area contributed by atoms with Crippen LogP contribution >= 0.6 is 23.4 Å². The van der Waals surface area contributed by atoms with Gasteiger partial charge in [-0.05, 0) is 42.7 Å². The SMILES string of the molecule is C=CCn1c(SCC(=O)Nc2cc(C)ccc2OC)nnc1[C@@H](NC(=O)c1ccccc1Cl)C(C)C. The highest BCUT2D eigenvalue weighted by molar-refractivity contribution is 7.99. The molecule has 0 bridgehead atoms. The molecule has 0 saturated carbocycles. The number of rotatable bonds is 11. The number of nitrogens with one attached hydrogen (secondary N) is 2. The quantitative estimate of drug-likeness (QED) is 0.259. The number of halogens is 1. The van der Waals surface area contributed by atoms with Gasteiger partial charge in [-0.15, -0.1) is 16.8 Å². The summed E-state index contributed by atoms with van der Waals surface area (Å²) in [5.74, 6) is 0.794. The Bertz CT molecular complexity index is 1240. The van der Waals surface area contributed by atoms with E-state index in [1.165, 1.54) is 11.8 Å². The Kier molecular flexibility index (Phi) is 9.55. The molecule has 0 spiro atoms. The Hall–Kier alpha value is -3.30. The molecule has 3 aromatic rings. The van der Waals surface area contributed by atoms with Gasteiger partial charge in [-0.3, -0.25) is 9.59 Å². The number of ether oxygens (including phenoxy) is 1. The van der Waals surface area contributed by atoms with Gasteiger partial charge in [-0.25, -0.2) is 0 Å². The van der Waals surface area contributed by atoms with Gasteiger partial charge in [0, 0.05) is 6.54 Å². The highest BCUT2D eigenvalue weighted by atomic mass is 35.5. The molecule has 1 atom stereocenters. The predicted octanol–water partition coefficient (Wildman–Crippen LogP) is 5.29. The predicted molar refractivity (Wildman–Crippen MR) is 144 cm³/mol. The zero-order valence-corrected chi connectivity index (χ0v) is 22.3. The van der Waals surface area contributed by atoms with E-state index in [0.717, 1.165) is 5.56 Å². The molecule has 0 radical (unpaired) electrons. The van der Waals surface area contributed by atoms with Crippen molar-refractivity contribution < 1.29 is 14.3 Å². The normalized spacial score (nSPS) is 11.7. The monoisotopic (exact) mass is 527 g/mol. The standard InChI is InChI=1S/C26H30ClN5O3S/c1-6-13-32-24(23(16(2)3)29-25(34)18-9-7-8-10-19(18)27)30-31-26(32)36-15-22(33)28-20-14-17(4)11-12-21(20)35-5/h6-12,14,16,23H,1,13,15H2,2-5H3,(H,28,33)(H,29,34)/t23-/m0/s1. The van der Waals surface area contributed by atoms with E-state index in [0.29, 0.717) is 39.5 Å². The fraction of sp³-hybridized carbons (Fsp3) is 0.308. The first kappa shape index (κ1) is 27.3. The average molecular weight is 528 g/mol. The van der Waals surface area contributed by atoms with Crippen molar-refractivity contribution in [1.29, 1.82) is 0 Å². The molecular formula is C26H30ClN5O3S. The molecule has 190 valence electrons. The maximum atomic E-state index is 13.0. The van der Waals surface area contributed by atoms with Crippen LogP contribution in [0.4, 0.5) is 5.69 Å². The van der Waals surface area contributed by atoms with Gasteiger partial charge in [0.05, 0.1) is 35.2 Å². The molecule has 0 aliphatic heterocycles. The highest BCUT2D eigenvalue weighted by Gasteiger charge is 2.27. The minimum absolute atomic E-state index is 0.0131. The number of thioether (sulfide) groups is 1. The third-order valence-corrected chi connectivity index (χ3v) is 6.66. The Morgan fingerprint density at radius 1 is 1.22 bits per heavy atom. The Morgan fingerprint density at radius 3 is 2.64 bits per heavy atom. The Morgan fingerprint density at radius 2 is 1.97 bits per heavy atom. The number of carbonyl (C=O) groups excluding carboxylic acids is 2. The van der Waals surface area contributed by atoms with Crippen LogP contribution in [-0.2, 0) is 11.3 Å². The summed E-state index contributed by atoms with van der Waals surface area (Å²) in [5.41, 5.74) is 2.00. The summed E-state index contributed by atoms with van der Waals surface area (Å²) in [6.07, 6.45) is 1.72. The molecule has 2 aromatic carbocycles. The number of methoxy groups -OCH3 is 1. The summed E-state index contributed by atoms with van der Waals surface area (Å²) in [5, 5.41) is 15.5. The maximum absolute atomic E-state index is 13.0. The van der Waals surface area contributed by atoms with Gasteiger partial charge in [-0.1, -0.05) is 61.5 Å². The topological polar surface area (TPSA) is 98.1 Å². The number of carbonyl (C=O) groups is 2. The number of nitrogens with zero attached hydrogens (tertiary/aromatic N) is 3. The summed E-state index contributed by atoms with van der Waals surface area (Å²) in [6, 6.07) is 12.0. The third-order valence-electron chi connectivity index (χ3n) is 5.37. The van der Waals surface area contributed by atoms with Crippen molar-refractivity contribution in [3.63, 3.8) is 0 Å². The first-order valence-electron chi connectivity index (χ1n) is 11.4. The molecule has 3 rings (SSSR count). The van der Waals surface area contributed by atoms with Crippen molar-refractivity contribution in [3.05, 3.63) is 77.1 Å². The van der Waals surface area contributed by atoms with Gasteiger partial charge in [0.2, 0.25) is 5.91 Å². The van der Waals surface area contributed by atoms with E-state index in [1.807, 2.05) is 43.5 Å².